The van der Waals surface area contributed by atoms with Crippen molar-refractivity contribution in [3.05, 3.63) is 22.5 Å². The van der Waals surface area contributed by atoms with E-state index in [2.05, 4.69) is 29.4 Å². The van der Waals surface area contributed by atoms with Crippen molar-refractivity contribution in [3.63, 3.8) is 0 Å². The van der Waals surface area contributed by atoms with Gasteiger partial charge in [0, 0.05) is 32.2 Å². The van der Waals surface area contributed by atoms with Crippen LogP contribution < -0.4 is 5.32 Å². The van der Waals surface area contributed by atoms with Crippen molar-refractivity contribution in [1.82, 2.24) is 25.2 Å². The van der Waals surface area contributed by atoms with Crippen LogP contribution in [0.15, 0.2) is 10.6 Å². The summed E-state index contributed by atoms with van der Waals surface area (Å²) in [6.07, 6.45) is 3.19. The maximum atomic E-state index is 13.3. The predicted octanol–water partition coefficient (Wildman–Crippen LogP) is 3.28. The molecule has 1 amide bonds. The molecule has 0 radical (unpaired) electrons. The summed E-state index contributed by atoms with van der Waals surface area (Å²) in [4.78, 5) is 15.1. The van der Waals surface area contributed by atoms with Crippen molar-refractivity contribution in [3.8, 4) is 11.4 Å². The predicted molar refractivity (Wildman–Crippen MR) is 105 cm³/mol. The molecule has 1 atom stereocenters. The zero-order chi connectivity index (χ0) is 19.6. The van der Waals surface area contributed by atoms with Crippen LogP contribution in [0.1, 0.15) is 49.2 Å². The maximum Gasteiger partial charge on any atom is 0.259 e. The van der Waals surface area contributed by atoms with Gasteiger partial charge in [0.15, 0.2) is 0 Å². The number of nitrogens with one attached hydrogen (secondary N) is 1. The fourth-order valence-electron chi connectivity index (χ4n) is 3.41. The number of hydrogen-bond donors (Lipinski definition) is 1. The highest BCUT2D eigenvalue weighted by Crippen LogP contribution is 2.30. The number of amides is 1. The second-order valence-corrected chi connectivity index (χ2v) is 8.05. The van der Waals surface area contributed by atoms with Gasteiger partial charge in [0.25, 0.3) is 5.91 Å². The molecular formula is C19H28ClN5O2. The third-order valence-electron chi connectivity index (χ3n) is 4.92. The Kier molecular flexibility index (Phi) is 6.22. The molecule has 7 nitrogen and oxygen atoms in total. The first-order valence-electron chi connectivity index (χ1n) is 9.55. The molecule has 3 heterocycles. The van der Waals surface area contributed by atoms with E-state index in [9.17, 15) is 4.79 Å². The lowest BCUT2D eigenvalue weighted by Gasteiger charge is -2.33. The minimum absolute atomic E-state index is 0.0980. The lowest BCUT2D eigenvalue weighted by Crippen LogP contribution is -2.48. The van der Waals surface area contributed by atoms with Gasteiger partial charge in [-0.05, 0) is 38.6 Å². The zero-order valence-electron chi connectivity index (χ0n) is 16.5. The summed E-state index contributed by atoms with van der Waals surface area (Å²) >= 11 is 6.42. The number of hydrogen-bond acceptors (Lipinski definition) is 5. The summed E-state index contributed by atoms with van der Waals surface area (Å²) in [6.45, 7) is 8.62. The average Bonchev–Trinajstić information content (AvgIpc) is 3.18. The fraction of sp³-hybridized carbons (Fsp3) is 0.632. The number of carbonyl (C=O) groups is 1. The van der Waals surface area contributed by atoms with Crippen molar-refractivity contribution in [2.45, 2.75) is 46.1 Å². The summed E-state index contributed by atoms with van der Waals surface area (Å²) in [5.41, 5.74) is 1.40. The van der Waals surface area contributed by atoms with Crippen LogP contribution in [-0.2, 0) is 7.05 Å². The van der Waals surface area contributed by atoms with Gasteiger partial charge in [0.2, 0.25) is 0 Å². The van der Waals surface area contributed by atoms with E-state index in [-0.39, 0.29) is 5.91 Å². The van der Waals surface area contributed by atoms with Gasteiger partial charge in [0.1, 0.15) is 27.9 Å². The summed E-state index contributed by atoms with van der Waals surface area (Å²) in [7, 11) is 1.72. The number of rotatable bonds is 6. The molecule has 27 heavy (non-hydrogen) atoms. The summed E-state index contributed by atoms with van der Waals surface area (Å²) in [5.74, 6) is 1.23. The Hall–Kier alpha value is -1.86. The number of nitrogens with zero attached hydrogens (tertiary/aromatic N) is 4. The van der Waals surface area contributed by atoms with Crippen LogP contribution in [0.25, 0.3) is 11.4 Å². The topological polar surface area (TPSA) is 76.2 Å². The van der Waals surface area contributed by atoms with Crippen LogP contribution in [0.3, 0.4) is 0 Å². The highest BCUT2D eigenvalue weighted by Gasteiger charge is 2.31. The molecule has 0 saturated carbocycles. The van der Waals surface area contributed by atoms with Crippen molar-refractivity contribution in [2.75, 3.05) is 19.6 Å². The molecule has 1 aliphatic rings. The number of aromatic nitrogens is 3. The largest absolute Gasteiger partial charge is 0.361 e. The first-order valence-corrected chi connectivity index (χ1v) is 9.93. The lowest BCUT2D eigenvalue weighted by molar-refractivity contribution is 0.0695. The minimum atomic E-state index is -0.0980. The maximum absolute atomic E-state index is 13.3. The normalized spacial score (nSPS) is 17.7. The van der Waals surface area contributed by atoms with Crippen molar-refractivity contribution in [2.24, 2.45) is 13.0 Å². The van der Waals surface area contributed by atoms with Crippen LogP contribution in [0.2, 0.25) is 5.15 Å². The smallest absolute Gasteiger partial charge is 0.259 e. The van der Waals surface area contributed by atoms with E-state index in [0.717, 1.165) is 32.4 Å². The third kappa shape index (κ3) is 4.52. The Morgan fingerprint density at radius 1 is 1.48 bits per heavy atom. The molecule has 0 aromatic carbocycles. The highest BCUT2D eigenvalue weighted by atomic mass is 35.5. The number of likely N-dealkylation sites (tertiary alicyclic amines) is 1. The fourth-order valence-corrected chi connectivity index (χ4v) is 3.62. The van der Waals surface area contributed by atoms with Crippen molar-refractivity contribution in [1.29, 1.82) is 0 Å². The van der Waals surface area contributed by atoms with Gasteiger partial charge in [-0.1, -0.05) is 30.6 Å². The second-order valence-electron chi connectivity index (χ2n) is 7.69. The molecule has 3 rings (SSSR count). The Labute approximate surface area is 165 Å². The average molecular weight is 394 g/mol. The standard InChI is InChI=1S/C19H28ClN5O2/c1-12(2)7-8-21-14-6-5-9-25(11-14)19(26)16-17(22-24(4)18(16)20)15-10-13(3)27-23-15/h10,12,14,21H,5-9,11H2,1-4H3/t14-/m1/s1. The molecule has 1 aliphatic heterocycles. The molecule has 2 aromatic heterocycles. The van der Waals surface area contributed by atoms with E-state index in [1.165, 1.54) is 4.68 Å². The first kappa shape index (κ1) is 19.9. The summed E-state index contributed by atoms with van der Waals surface area (Å²) < 4.78 is 6.66. The molecule has 2 aromatic rings. The number of halogens is 1. The summed E-state index contributed by atoms with van der Waals surface area (Å²) in [5, 5.41) is 12.3. The Balaban J connectivity index is 1.77. The Morgan fingerprint density at radius 3 is 2.93 bits per heavy atom. The molecule has 1 saturated heterocycles. The molecule has 0 bridgehead atoms. The van der Waals surface area contributed by atoms with Gasteiger partial charge in [-0.25, -0.2) is 0 Å². The van der Waals surface area contributed by atoms with Gasteiger partial charge in [-0.3, -0.25) is 9.48 Å². The Bertz CT molecular complexity index is 798. The molecule has 8 heteroatoms. The van der Waals surface area contributed by atoms with Crippen LogP contribution in [-0.4, -0.2) is 51.4 Å². The molecule has 148 valence electrons. The van der Waals surface area contributed by atoms with Crippen LogP contribution in [0.4, 0.5) is 0 Å². The SMILES string of the molecule is Cc1cc(-c2nn(C)c(Cl)c2C(=O)N2CCC[C@@H](NCCC(C)C)C2)no1. The molecular weight excluding hydrogens is 366 g/mol. The quantitative estimate of drug-likeness (QED) is 0.815. The van der Waals surface area contributed by atoms with Gasteiger partial charge in [0.05, 0.1) is 0 Å². The van der Waals surface area contributed by atoms with E-state index in [0.29, 0.717) is 46.4 Å². The number of carbonyl (C=O) groups excluding carboxylic acids is 1. The molecule has 0 spiro atoms. The van der Waals surface area contributed by atoms with E-state index >= 15 is 0 Å². The van der Waals surface area contributed by atoms with Crippen molar-refractivity contribution >= 4 is 17.5 Å². The third-order valence-corrected chi connectivity index (χ3v) is 5.36. The zero-order valence-corrected chi connectivity index (χ0v) is 17.2. The Morgan fingerprint density at radius 2 is 2.26 bits per heavy atom. The van der Waals surface area contributed by atoms with Gasteiger partial charge in [-0.2, -0.15) is 5.10 Å². The number of piperidine rings is 1. The number of aryl methyl sites for hydroxylation is 2. The van der Waals surface area contributed by atoms with Crippen LogP contribution >= 0.6 is 11.6 Å². The molecule has 1 N–H and O–H groups in total. The van der Waals surface area contributed by atoms with Gasteiger partial charge < -0.3 is 14.7 Å². The lowest BCUT2D eigenvalue weighted by atomic mass is 10.0. The summed E-state index contributed by atoms with van der Waals surface area (Å²) in [6, 6.07) is 2.08. The van der Waals surface area contributed by atoms with E-state index in [1.54, 1.807) is 20.0 Å². The molecule has 0 aliphatic carbocycles. The molecule has 0 unspecified atom stereocenters. The highest BCUT2D eigenvalue weighted by molar-refractivity contribution is 6.33. The monoisotopic (exact) mass is 393 g/mol. The van der Waals surface area contributed by atoms with E-state index < -0.39 is 0 Å². The van der Waals surface area contributed by atoms with E-state index in [1.807, 2.05) is 4.90 Å². The van der Waals surface area contributed by atoms with Gasteiger partial charge >= 0.3 is 0 Å². The minimum Gasteiger partial charge on any atom is -0.361 e. The molecule has 1 fully saturated rings. The second kappa shape index (κ2) is 8.44. The van der Waals surface area contributed by atoms with Crippen molar-refractivity contribution < 1.29 is 9.32 Å². The van der Waals surface area contributed by atoms with Crippen LogP contribution in [0, 0.1) is 12.8 Å². The van der Waals surface area contributed by atoms with Crippen LogP contribution in [0.5, 0.6) is 0 Å². The van der Waals surface area contributed by atoms with Gasteiger partial charge in [-0.15, -0.1) is 0 Å². The first-order chi connectivity index (χ1) is 12.9. The van der Waals surface area contributed by atoms with E-state index in [4.69, 9.17) is 16.1 Å².